The molecule has 0 saturated heterocycles. The molecule has 0 radical (unpaired) electrons. The number of hydrogen-bond acceptors (Lipinski definition) is 1. The quantitative estimate of drug-likeness (QED) is 0.516. The molecule has 0 heterocycles. The van der Waals surface area contributed by atoms with Gasteiger partial charge in [0.05, 0.1) is 0 Å². The summed E-state index contributed by atoms with van der Waals surface area (Å²) >= 11 is 0. The number of aryl methyl sites for hydroxylation is 2. The number of hydrogen-bond donors (Lipinski definition) is 0. The summed E-state index contributed by atoms with van der Waals surface area (Å²) < 4.78 is 0. The van der Waals surface area contributed by atoms with Crippen molar-refractivity contribution < 1.29 is 0 Å². The molecule has 1 aromatic rings. The molecule has 1 aliphatic carbocycles. The van der Waals surface area contributed by atoms with Crippen molar-refractivity contribution in [1.82, 2.24) is 0 Å². The molecule has 1 aromatic carbocycles. The molecule has 0 fully saturated rings. The summed E-state index contributed by atoms with van der Waals surface area (Å²) in [7, 11) is 0. The third-order valence-electron chi connectivity index (χ3n) is 2.20. The molecule has 0 aliphatic heterocycles. The number of diazo groups is 1. The van der Waals surface area contributed by atoms with Gasteiger partial charge in [-0.15, -0.1) is 0 Å². The van der Waals surface area contributed by atoms with Gasteiger partial charge in [-0.2, -0.15) is 0 Å². The number of rotatable bonds is 0. The molecule has 0 unspecified atom stereocenters. The van der Waals surface area contributed by atoms with Crippen LogP contribution in [-0.2, 0) is 12.8 Å². The normalized spacial score (nSPS) is 14.1. The number of nitrogens with zero attached hydrogens (tertiary/aromatic N) is 2. The topological polar surface area (TPSA) is 28.1 Å². The van der Waals surface area contributed by atoms with E-state index in [9.17, 15) is 0 Å². The maximum Gasteiger partial charge on any atom is 0.385 e. The van der Waals surface area contributed by atoms with E-state index in [4.69, 9.17) is 5.39 Å². The Morgan fingerprint density at radius 3 is 2.82 bits per heavy atom. The summed E-state index contributed by atoms with van der Waals surface area (Å²) in [4.78, 5) is 3.15. The third-order valence-corrected chi connectivity index (χ3v) is 2.20. The van der Waals surface area contributed by atoms with Crippen LogP contribution in [0.25, 0.3) is 4.98 Å². The molecular formula is C9H9N2+. The molecule has 0 amide bonds. The SMILES string of the molecule is N#[N+]c1ccc2c(c1)CCC2. The van der Waals surface area contributed by atoms with E-state index in [-0.39, 0.29) is 0 Å². The molecule has 0 spiro atoms. The summed E-state index contributed by atoms with van der Waals surface area (Å²) in [6.07, 6.45) is 3.56. The first-order valence-corrected chi connectivity index (χ1v) is 3.87. The van der Waals surface area contributed by atoms with E-state index in [2.05, 4.69) is 11.0 Å². The Morgan fingerprint density at radius 1 is 1.18 bits per heavy atom. The van der Waals surface area contributed by atoms with Crippen molar-refractivity contribution in [3.63, 3.8) is 0 Å². The average molecular weight is 145 g/mol. The molecule has 0 aromatic heterocycles. The van der Waals surface area contributed by atoms with E-state index in [0.29, 0.717) is 5.69 Å². The number of fused-ring (bicyclic) bond motifs is 1. The van der Waals surface area contributed by atoms with Crippen molar-refractivity contribution in [2.75, 3.05) is 0 Å². The van der Waals surface area contributed by atoms with Crippen LogP contribution in [-0.4, -0.2) is 0 Å². The molecule has 1 aliphatic rings. The number of benzene rings is 1. The standard InChI is InChI=1S/C9H9N2/c10-11-9-5-4-7-2-1-3-8(7)6-9/h4-6H,1-3H2/q+1. The van der Waals surface area contributed by atoms with Gasteiger partial charge in [-0.3, -0.25) is 0 Å². The first kappa shape index (κ1) is 6.36. The largest absolute Gasteiger partial charge is 0.385 e. The minimum Gasteiger partial charge on any atom is -0.0507 e. The summed E-state index contributed by atoms with van der Waals surface area (Å²) in [5.74, 6) is 0. The van der Waals surface area contributed by atoms with Gasteiger partial charge in [0.1, 0.15) is 0 Å². The first-order chi connectivity index (χ1) is 5.40. The first-order valence-electron chi connectivity index (χ1n) is 3.87. The Hall–Kier alpha value is -1.36. The van der Waals surface area contributed by atoms with Crippen molar-refractivity contribution in [1.29, 1.82) is 5.39 Å². The molecule has 2 rings (SSSR count). The molecule has 2 nitrogen and oxygen atoms in total. The smallest absolute Gasteiger partial charge is 0.0507 e. The monoisotopic (exact) mass is 145 g/mol. The second-order valence-electron chi connectivity index (χ2n) is 2.91. The van der Waals surface area contributed by atoms with Gasteiger partial charge in [0.25, 0.3) is 0 Å². The molecule has 54 valence electrons. The zero-order chi connectivity index (χ0) is 7.68. The van der Waals surface area contributed by atoms with Crippen LogP contribution in [0.15, 0.2) is 18.2 Å². The summed E-state index contributed by atoms with van der Waals surface area (Å²) in [5, 5.41) is 8.49. The molecule has 2 heteroatoms. The summed E-state index contributed by atoms with van der Waals surface area (Å²) in [6.45, 7) is 0. The lowest BCUT2D eigenvalue weighted by Crippen LogP contribution is -1.78. The van der Waals surface area contributed by atoms with Crippen LogP contribution in [0.5, 0.6) is 0 Å². The van der Waals surface area contributed by atoms with E-state index in [1.165, 1.54) is 24.0 Å². The van der Waals surface area contributed by atoms with Crippen molar-refractivity contribution >= 4 is 5.69 Å². The molecule has 0 N–H and O–H groups in total. The van der Waals surface area contributed by atoms with Crippen molar-refractivity contribution in [3.8, 4) is 0 Å². The Kier molecular flexibility index (Phi) is 1.36. The fourth-order valence-electron chi connectivity index (χ4n) is 1.62. The van der Waals surface area contributed by atoms with Gasteiger partial charge < -0.3 is 0 Å². The zero-order valence-corrected chi connectivity index (χ0v) is 6.25. The third kappa shape index (κ3) is 0.988. The van der Waals surface area contributed by atoms with Crippen LogP contribution < -0.4 is 0 Å². The van der Waals surface area contributed by atoms with Crippen molar-refractivity contribution in [2.45, 2.75) is 19.3 Å². The van der Waals surface area contributed by atoms with Gasteiger partial charge in [0, 0.05) is 12.1 Å². The fraction of sp³-hybridized carbons (Fsp3) is 0.333. The average Bonchev–Trinajstić information content (AvgIpc) is 2.50. The molecule has 11 heavy (non-hydrogen) atoms. The van der Waals surface area contributed by atoms with Crippen LogP contribution in [0, 0.1) is 5.39 Å². The Balaban J connectivity index is 2.51. The highest BCUT2D eigenvalue weighted by Crippen LogP contribution is 2.25. The lowest BCUT2D eigenvalue weighted by Gasteiger charge is -1.91. The highest BCUT2D eigenvalue weighted by molar-refractivity contribution is 5.50. The van der Waals surface area contributed by atoms with Crippen LogP contribution in [0.4, 0.5) is 5.69 Å². The second-order valence-corrected chi connectivity index (χ2v) is 2.91. The van der Waals surface area contributed by atoms with Gasteiger partial charge in [-0.1, -0.05) is 6.07 Å². The van der Waals surface area contributed by atoms with E-state index >= 15 is 0 Å². The fourth-order valence-corrected chi connectivity index (χ4v) is 1.62. The van der Waals surface area contributed by atoms with E-state index in [0.717, 1.165) is 6.42 Å². The highest BCUT2D eigenvalue weighted by Gasteiger charge is 2.14. The lowest BCUT2D eigenvalue weighted by atomic mass is 10.1. The van der Waals surface area contributed by atoms with Crippen LogP contribution in [0.2, 0.25) is 0 Å². The van der Waals surface area contributed by atoms with Gasteiger partial charge in [-0.05, 0) is 30.4 Å². The minimum absolute atomic E-state index is 0.672. The molecule has 0 saturated carbocycles. The van der Waals surface area contributed by atoms with E-state index in [1.54, 1.807) is 0 Å². The van der Waals surface area contributed by atoms with Gasteiger partial charge in [-0.25, -0.2) is 0 Å². The zero-order valence-electron chi connectivity index (χ0n) is 6.25. The summed E-state index contributed by atoms with van der Waals surface area (Å²) in [5.41, 5.74) is 3.43. The summed E-state index contributed by atoms with van der Waals surface area (Å²) in [6, 6.07) is 5.86. The Bertz CT molecular complexity index is 323. The minimum atomic E-state index is 0.672. The predicted octanol–water partition coefficient (Wildman–Crippen LogP) is 2.66. The highest BCUT2D eigenvalue weighted by atomic mass is 14.8. The van der Waals surface area contributed by atoms with Gasteiger partial charge in [0.15, 0.2) is 4.98 Å². The van der Waals surface area contributed by atoms with E-state index < -0.39 is 0 Å². The van der Waals surface area contributed by atoms with E-state index in [1.807, 2.05) is 12.1 Å². The van der Waals surface area contributed by atoms with Crippen molar-refractivity contribution in [3.05, 3.63) is 34.3 Å². The Morgan fingerprint density at radius 2 is 2.00 bits per heavy atom. The van der Waals surface area contributed by atoms with Crippen LogP contribution in [0.3, 0.4) is 0 Å². The van der Waals surface area contributed by atoms with Gasteiger partial charge in [0.2, 0.25) is 5.39 Å². The Labute approximate surface area is 65.5 Å². The van der Waals surface area contributed by atoms with Crippen LogP contribution >= 0.6 is 0 Å². The predicted molar refractivity (Wildman–Crippen MR) is 43.2 cm³/mol. The molecular weight excluding hydrogens is 136 g/mol. The maximum atomic E-state index is 8.49. The lowest BCUT2D eigenvalue weighted by molar-refractivity contribution is 0.912. The van der Waals surface area contributed by atoms with Gasteiger partial charge >= 0.3 is 5.69 Å². The molecule has 0 atom stereocenters. The maximum absolute atomic E-state index is 8.49. The van der Waals surface area contributed by atoms with Crippen molar-refractivity contribution in [2.24, 2.45) is 0 Å². The molecule has 0 bridgehead atoms. The van der Waals surface area contributed by atoms with Crippen LogP contribution in [0.1, 0.15) is 17.5 Å². The second kappa shape index (κ2) is 2.35.